The third kappa shape index (κ3) is 6.75. The second kappa shape index (κ2) is 11.4. The van der Waals surface area contributed by atoms with Gasteiger partial charge in [0.05, 0.1) is 5.69 Å². The summed E-state index contributed by atoms with van der Waals surface area (Å²) < 4.78 is 11.7. The molecule has 0 aliphatic carbocycles. The van der Waals surface area contributed by atoms with Gasteiger partial charge in [0.2, 0.25) is 0 Å². The Labute approximate surface area is 204 Å². The van der Waals surface area contributed by atoms with Gasteiger partial charge in [-0.2, -0.15) is 0 Å². The van der Waals surface area contributed by atoms with Crippen molar-refractivity contribution in [2.45, 2.75) is 84.7 Å². The van der Waals surface area contributed by atoms with Gasteiger partial charge in [0, 0.05) is 5.56 Å². The number of nitrogens with two attached hydrogens (primary N) is 1. The molecular weight excluding hydrogens is 428 g/mol. The Morgan fingerprint density at radius 3 is 2.18 bits per heavy atom. The quantitative estimate of drug-likeness (QED) is 0.417. The number of hydrogen-bond donors (Lipinski definition) is 2. The van der Waals surface area contributed by atoms with Crippen molar-refractivity contribution in [2.75, 3.05) is 11.9 Å². The van der Waals surface area contributed by atoms with E-state index < -0.39 is 12.0 Å². The first-order chi connectivity index (χ1) is 15.9. The summed E-state index contributed by atoms with van der Waals surface area (Å²) >= 11 is 0. The second-order valence-electron chi connectivity index (χ2n) is 9.94. The van der Waals surface area contributed by atoms with E-state index in [1.807, 2.05) is 13.0 Å². The van der Waals surface area contributed by atoms with Crippen LogP contribution in [0.4, 0.5) is 5.69 Å². The first-order valence-corrected chi connectivity index (χ1v) is 12.1. The molecular formula is C28H40N2O4. The van der Waals surface area contributed by atoms with Gasteiger partial charge in [-0.15, -0.1) is 0 Å². The second-order valence-corrected chi connectivity index (χ2v) is 9.94. The topological polar surface area (TPSA) is 90.7 Å². The molecule has 0 heterocycles. The summed E-state index contributed by atoms with van der Waals surface area (Å²) in [5.41, 5.74) is 8.16. The monoisotopic (exact) mass is 468 g/mol. The summed E-state index contributed by atoms with van der Waals surface area (Å²) in [4.78, 5) is 24.3. The Morgan fingerprint density at radius 1 is 0.941 bits per heavy atom. The number of anilines is 1. The molecule has 0 bridgehead atoms. The lowest BCUT2D eigenvalue weighted by Gasteiger charge is -2.30. The normalized spacial score (nSPS) is 12.7. The van der Waals surface area contributed by atoms with Crippen molar-refractivity contribution < 1.29 is 19.1 Å². The van der Waals surface area contributed by atoms with Gasteiger partial charge < -0.3 is 20.5 Å². The van der Waals surface area contributed by atoms with Crippen LogP contribution in [0.25, 0.3) is 0 Å². The van der Waals surface area contributed by atoms with E-state index in [1.165, 1.54) is 5.56 Å². The Kier molecular flexibility index (Phi) is 9.14. The molecule has 0 aliphatic heterocycles. The Hall–Kier alpha value is -3.02. The zero-order valence-electron chi connectivity index (χ0n) is 21.7. The molecule has 2 aromatic rings. The minimum absolute atomic E-state index is 0.0550. The van der Waals surface area contributed by atoms with Crippen LogP contribution in [0.5, 0.6) is 11.5 Å². The van der Waals surface area contributed by atoms with Crippen LogP contribution < -0.4 is 20.5 Å². The largest absolute Gasteiger partial charge is 0.483 e. The van der Waals surface area contributed by atoms with Gasteiger partial charge >= 0.3 is 0 Å². The lowest BCUT2D eigenvalue weighted by molar-refractivity contribution is -0.124. The molecule has 2 amide bonds. The maximum absolute atomic E-state index is 12.7. The number of benzene rings is 2. The molecule has 1 atom stereocenters. The highest BCUT2D eigenvalue weighted by Crippen LogP contribution is 2.38. The van der Waals surface area contributed by atoms with E-state index in [0.717, 1.165) is 18.4 Å². The molecule has 0 saturated carbocycles. The fourth-order valence-electron chi connectivity index (χ4n) is 3.50. The fourth-order valence-corrected chi connectivity index (χ4v) is 3.50. The number of rotatable bonds is 12. The molecule has 1 unspecified atom stereocenters. The molecule has 0 saturated heterocycles. The number of carbonyl (C=O) groups excluding carboxylic acids is 2. The van der Waals surface area contributed by atoms with Crippen molar-refractivity contribution in [1.29, 1.82) is 0 Å². The standard InChI is InChI=1S/C28H40N2O4/c1-8-22(26(29)32)34-24-14-12-11-13-21(24)30-25(31)18-33-23-16-15-19(27(4,5)9-2)17-20(23)28(6,7)10-3/h11-17,22H,8-10,18H2,1-7H3,(H2,29,32)(H,30,31). The van der Waals surface area contributed by atoms with E-state index in [1.54, 1.807) is 24.3 Å². The lowest BCUT2D eigenvalue weighted by atomic mass is 9.76. The molecule has 0 fully saturated rings. The zero-order chi connectivity index (χ0) is 25.5. The number of nitrogens with one attached hydrogen (secondary N) is 1. The van der Waals surface area contributed by atoms with E-state index in [9.17, 15) is 9.59 Å². The van der Waals surface area contributed by atoms with Crippen LogP contribution >= 0.6 is 0 Å². The Bertz CT molecular complexity index is 998. The number of hydrogen-bond acceptors (Lipinski definition) is 4. The Morgan fingerprint density at radius 2 is 1.59 bits per heavy atom. The van der Waals surface area contributed by atoms with Crippen LogP contribution in [-0.2, 0) is 20.4 Å². The zero-order valence-corrected chi connectivity index (χ0v) is 21.7. The van der Waals surface area contributed by atoms with Crippen molar-refractivity contribution >= 4 is 17.5 Å². The van der Waals surface area contributed by atoms with Crippen molar-refractivity contribution in [3.05, 3.63) is 53.6 Å². The summed E-state index contributed by atoms with van der Waals surface area (Å²) in [7, 11) is 0. The first kappa shape index (κ1) is 27.2. The number of para-hydroxylation sites is 2. The average molecular weight is 469 g/mol. The van der Waals surface area contributed by atoms with Gasteiger partial charge in [-0.05, 0) is 53.9 Å². The van der Waals surface area contributed by atoms with E-state index in [-0.39, 0.29) is 23.3 Å². The molecule has 3 N–H and O–H groups in total. The smallest absolute Gasteiger partial charge is 0.262 e. The molecule has 34 heavy (non-hydrogen) atoms. The van der Waals surface area contributed by atoms with Crippen molar-refractivity contribution in [3.63, 3.8) is 0 Å². The molecule has 6 nitrogen and oxygen atoms in total. The van der Waals surface area contributed by atoms with Gasteiger partial charge in [0.15, 0.2) is 12.7 Å². The predicted molar refractivity (Wildman–Crippen MR) is 138 cm³/mol. The summed E-state index contributed by atoms with van der Waals surface area (Å²) in [6.45, 7) is 14.9. The maximum atomic E-state index is 12.7. The Balaban J connectivity index is 2.20. The minimum atomic E-state index is -0.765. The third-order valence-electron chi connectivity index (χ3n) is 6.74. The maximum Gasteiger partial charge on any atom is 0.262 e. The van der Waals surface area contributed by atoms with Gasteiger partial charge in [0.25, 0.3) is 11.8 Å². The van der Waals surface area contributed by atoms with Crippen molar-refractivity contribution in [3.8, 4) is 11.5 Å². The molecule has 2 rings (SSSR count). The number of primary amides is 1. The van der Waals surface area contributed by atoms with E-state index in [0.29, 0.717) is 23.6 Å². The molecule has 0 radical (unpaired) electrons. The van der Waals surface area contributed by atoms with Gasteiger partial charge in [-0.3, -0.25) is 9.59 Å². The van der Waals surface area contributed by atoms with Gasteiger partial charge in [-0.25, -0.2) is 0 Å². The van der Waals surface area contributed by atoms with Crippen LogP contribution in [-0.4, -0.2) is 24.5 Å². The number of amides is 2. The lowest BCUT2D eigenvalue weighted by Crippen LogP contribution is -2.33. The van der Waals surface area contributed by atoms with E-state index >= 15 is 0 Å². The summed E-state index contributed by atoms with van der Waals surface area (Å²) in [6.07, 6.45) is 1.63. The average Bonchev–Trinajstić information content (AvgIpc) is 2.81. The molecule has 186 valence electrons. The summed E-state index contributed by atoms with van der Waals surface area (Å²) in [5, 5.41) is 2.83. The molecule has 0 spiro atoms. The summed E-state index contributed by atoms with van der Waals surface area (Å²) in [5.74, 6) is 0.233. The molecule has 0 aromatic heterocycles. The molecule has 0 aliphatic rings. The highest BCUT2D eigenvalue weighted by atomic mass is 16.5. The van der Waals surface area contributed by atoms with Crippen molar-refractivity contribution in [2.24, 2.45) is 5.73 Å². The first-order valence-electron chi connectivity index (χ1n) is 12.1. The molecule has 2 aromatic carbocycles. The fraction of sp³-hybridized carbons (Fsp3) is 0.500. The highest BCUT2D eigenvalue weighted by Gasteiger charge is 2.27. The van der Waals surface area contributed by atoms with Crippen LogP contribution in [0.15, 0.2) is 42.5 Å². The predicted octanol–water partition coefficient (Wildman–Crippen LogP) is 5.72. The number of ether oxygens (including phenoxy) is 2. The number of carbonyl (C=O) groups is 2. The van der Waals surface area contributed by atoms with Gasteiger partial charge in [0.1, 0.15) is 11.5 Å². The van der Waals surface area contributed by atoms with Crippen LogP contribution in [0.3, 0.4) is 0 Å². The van der Waals surface area contributed by atoms with Crippen LogP contribution in [0.2, 0.25) is 0 Å². The SMILES string of the molecule is CCC(Oc1ccccc1NC(=O)COc1ccc(C(C)(C)CC)cc1C(C)(C)CC)C(N)=O. The van der Waals surface area contributed by atoms with Crippen LogP contribution in [0.1, 0.15) is 78.9 Å². The van der Waals surface area contributed by atoms with Gasteiger partial charge in [-0.1, -0.05) is 72.7 Å². The minimum Gasteiger partial charge on any atom is -0.483 e. The van der Waals surface area contributed by atoms with E-state index in [2.05, 4.69) is 59.0 Å². The summed E-state index contributed by atoms with van der Waals surface area (Å²) in [6, 6.07) is 13.2. The van der Waals surface area contributed by atoms with Crippen LogP contribution in [0, 0.1) is 0 Å². The molecule has 6 heteroatoms. The van der Waals surface area contributed by atoms with E-state index in [4.69, 9.17) is 15.2 Å². The third-order valence-corrected chi connectivity index (χ3v) is 6.74. The highest BCUT2D eigenvalue weighted by molar-refractivity contribution is 5.93. The van der Waals surface area contributed by atoms with Crippen molar-refractivity contribution in [1.82, 2.24) is 0 Å².